The Hall–Kier alpha value is -4.09. The number of hydrogen-bond acceptors (Lipinski definition) is 7. The van der Waals surface area contributed by atoms with Gasteiger partial charge in [0.25, 0.3) is 11.5 Å². The highest BCUT2D eigenvalue weighted by Gasteiger charge is 2.33. The lowest BCUT2D eigenvalue weighted by Crippen LogP contribution is -2.39. The highest BCUT2D eigenvalue weighted by atomic mass is 19.4. The lowest BCUT2D eigenvalue weighted by Gasteiger charge is -2.29. The van der Waals surface area contributed by atoms with Gasteiger partial charge in [-0.1, -0.05) is 12.1 Å². The third-order valence-electron chi connectivity index (χ3n) is 5.47. The van der Waals surface area contributed by atoms with Crippen molar-refractivity contribution in [2.24, 2.45) is 0 Å². The van der Waals surface area contributed by atoms with Gasteiger partial charge in [-0.05, 0) is 44.5 Å². The molecule has 190 valence electrons. The van der Waals surface area contributed by atoms with Gasteiger partial charge in [-0.25, -0.2) is 0 Å². The standard InChI is InChI=1S/C24H23F3N4O5/c1-23(2,3)36-17(32)10-29-21(34)18-20(33)13-5-4-6-14-19(13)31(22(18)35)11-15(30-14)12-7-8-16(28-9-12)24(25,26)27/h4-9,15,30,33H,10-11H2,1-3H3,(H,29,34). The average molecular weight is 504 g/mol. The van der Waals surface area contributed by atoms with E-state index < -0.39 is 58.8 Å². The number of carbonyl (C=O) groups is 2. The van der Waals surface area contributed by atoms with E-state index in [9.17, 15) is 32.7 Å². The van der Waals surface area contributed by atoms with E-state index >= 15 is 0 Å². The molecular weight excluding hydrogens is 481 g/mol. The quantitative estimate of drug-likeness (QED) is 0.466. The summed E-state index contributed by atoms with van der Waals surface area (Å²) in [5, 5.41) is 16.4. The second-order valence-corrected chi connectivity index (χ2v) is 9.28. The van der Waals surface area contributed by atoms with Gasteiger partial charge in [-0.2, -0.15) is 13.2 Å². The summed E-state index contributed by atoms with van der Waals surface area (Å²) in [6, 6.07) is 6.23. The number of anilines is 1. The van der Waals surface area contributed by atoms with E-state index in [0.717, 1.165) is 12.3 Å². The van der Waals surface area contributed by atoms with E-state index in [1.807, 2.05) is 0 Å². The van der Waals surface area contributed by atoms with Crippen molar-refractivity contribution in [3.63, 3.8) is 0 Å². The normalized spacial score (nSPS) is 15.3. The summed E-state index contributed by atoms with van der Waals surface area (Å²) >= 11 is 0. The van der Waals surface area contributed by atoms with Gasteiger partial charge in [0.2, 0.25) is 0 Å². The summed E-state index contributed by atoms with van der Waals surface area (Å²) in [5.74, 6) is -2.24. The number of alkyl halides is 3. The van der Waals surface area contributed by atoms with Crippen molar-refractivity contribution in [1.82, 2.24) is 14.9 Å². The number of pyridine rings is 2. The summed E-state index contributed by atoms with van der Waals surface area (Å²) < 4.78 is 45.1. The van der Waals surface area contributed by atoms with Crippen LogP contribution in [0.1, 0.15) is 48.4 Å². The van der Waals surface area contributed by atoms with Gasteiger partial charge in [-0.3, -0.25) is 19.4 Å². The van der Waals surface area contributed by atoms with Crippen molar-refractivity contribution < 1.29 is 32.6 Å². The van der Waals surface area contributed by atoms with Crippen LogP contribution in [0.2, 0.25) is 0 Å². The van der Waals surface area contributed by atoms with Crippen molar-refractivity contribution in [2.45, 2.75) is 45.1 Å². The number of hydrogen-bond donors (Lipinski definition) is 3. The molecule has 1 unspecified atom stereocenters. The average Bonchev–Trinajstić information content (AvgIpc) is 2.79. The summed E-state index contributed by atoms with van der Waals surface area (Å²) in [4.78, 5) is 41.6. The molecule has 9 nitrogen and oxygen atoms in total. The zero-order valence-electron chi connectivity index (χ0n) is 19.6. The van der Waals surface area contributed by atoms with Gasteiger partial charge in [-0.15, -0.1) is 0 Å². The van der Waals surface area contributed by atoms with Crippen LogP contribution < -0.4 is 16.2 Å². The molecule has 1 aliphatic rings. The molecule has 0 fully saturated rings. The predicted molar refractivity (Wildman–Crippen MR) is 124 cm³/mol. The van der Waals surface area contributed by atoms with E-state index in [1.54, 1.807) is 32.9 Å². The van der Waals surface area contributed by atoms with E-state index in [-0.39, 0.29) is 11.9 Å². The Balaban J connectivity index is 1.69. The number of nitrogens with zero attached hydrogens (tertiary/aromatic N) is 2. The predicted octanol–water partition coefficient (Wildman–Crippen LogP) is 3.36. The van der Waals surface area contributed by atoms with Crippen LogP contribution in [0, 0.1) is 0 Å². The molecule has 3 aromatic rings. The number of nitrogens with one attached hydrogen (secondary N) is 2. The van der Waals surface area contributed by atoms with Crippen molar-refractivity contribution in [3.05, 3.63) is 63.7 Å². The third kappa shape index (κ3) is 4.83. The van der Waals surface area contributed by atoms with Crippen LogP contribution in [0.15, 0.2) is 41.3 Å². The van der Waals surface area contributed by atoms with Gasteiger partial charge in [0.05, 0.1) is 23.8 Å². The van der Waals surface area contributed by atoms with Crippen LogP contribution in [-0.4, -0.2) is 38.7 Å². The first-order chi connectivity index (χ1) is 16.8. The smallest absolute Gasteiger partial charge is 0.433 e. The molecule has 0 radical (unpaired) electrons. The van der Waals surface area contributed by atoms with E-state index in [0.29, 0.717) is 16.8 Å². The van der Waals surface area contributed by atoms with Crippen molar-refractivity contribution >= 4 is 28.5 Å². The summed E-state index contributed by atoms with van der Waals surface area (Å²) in [6.07, 6.45) is -3.52. The first-order valence-corrected chi connectivity index (χ1v) is 10.9. The van der Waals surface area contributed by atoms with E-state index in [2.05, 4.69) is 15.6 Å². The first-order valence-electron chi connectivity index (χ1n) is 10.9. The summed E-state index contributed by atoms with van der Waals surface area (Å²) in [6.45, 7) is 4.41. The maximum Gasteiger partial charge on any atom is 0.433 e. The zero-order valence-corrected chi connectivity index (χ0v) is 19.6. The molecule has 2 aromatic heterocycles. The molecule has 4 rings (SSSR count). The molecule has 3 N–H and O–H groups in total. The topological polar surface area (TPSA) is 123 Å². The second kappa shape index (κ2) is 8.85. The number of aromatic nitrogens is 2. The van der Waals surface area contributed by atoms with Gasteiger partial charge in [0.1, 0.15) is 29.2 Å². The Morgan fingerprint density at radius 2 is 1.94 bits per heavy atom. The van der Waals surface area contributed by atoms with Crippen LogP contribution in [-0.2, 0) is 22.3 Å². The monoisotopic (exact) mass is 504 g/mol. The van der Waals surface area contributed by atoms with Crippen molar-refractivity contribution in [1.29, 1.82) is 0 Å². The maximum absolute atomic E-state index is 13.3. The largest absolute Gasteiger partial charge is 0.506 e. The van der Waals surface area contributed by atoms with Crippen LogP contribution >= 0.6 is 0 Å². The Morgan fingerprint density at radius 1 is 1.22 bits per heavy atom. The lowest BCUT2D eigenvalue weighted by molar-refractivity contribution is -0.153. The number of ether oxygens (including phenoxy) is 1. The number of carbonyl (C=O) groups excluding carboxylic acids is 2. The molecule has 0 saturated carbocycles. The third-order valence-corrected chi connectivity index (χ3v) is 5.47. The highest BCUT2D eigenvalue weighted by molar-refractivity contribution is 6.05. The number of esters is 1. The van der Waals surface area contributed by atoms with E-state index in [4.69, 9.17) is 4.74 Å². The Kier molecular flexibility index (Phi) is 6.15. The van der Waals surface area contributed by atoms with Gasteiger partial charge in [0.15, 0.2) is 0 Å². The zero-order chi connectivity index (χ0) is 26.4. The minimum Gasteiger partial charge on any atom is -0.506 e. The SMILES string of the molecule is CC(C)(C)OC(=O)CNC(=O)c1c(O)c2cccc3c2n(c1=O)CC(c1ccc(C(F)(F)F)nc1)N3. The Morgan fingerprint density at radius 3 is 2.56 bits per heavy atom. The molecular formula is C24H23F3N4O5. The Bertz CT molecular complexity index is 1410. The maximum atomic E-state index is 13.3. The molecule has 1 amide bonds. The minimum atomic E-state index is -4.59. The fourth-order valence-electron chi connectivity index (χ4n) is 4.00. The molecule has 1 aromatic carbocycles. The van der Waals surface area contributed by atoms with Gasteiger partial charge in [0, 0.05) is 11.6 Å². The summed E-state index contributed by atoms with van der Waals surface area (Å²) in [5.41, 5.74) is -2.04. The molecule has 0 saturated heterocycles. The molecule has 1 atom stereocenters. The molecule has 0 bridgehead atoms. The molecule has 36 heavy (non-hydrogen) atoms. The molecule has 0 spiro atoms. The van der Waals surface area contributed by atoms with Crippen molar-refractivity contribution in [2.75, 3.05) is 11.9 Å². The number of halogens is 3. The molecule has 1 aliphatic heterocycles. The minimum absolute atomic E-state index is 0.0496. The first kappa shape index (κ1) is 25.0. The molecule has 12 heteroatoms. The van der Waals surface area contributed by atoms with Gasteiger partial charge >= 0.3 is 12.1 Å². The van der Waals surface area contributed by atoms with Crippen LogP contribution in [0.25, 0.3) is 10.9 Å². The Labute approximate surface area is 202 Å². The van der Waals surface area contributed by atoms with E-state index in [1.165, 1.54) is 16.7 Å². The van der Waals surface area contributed by atoms with Crippen molar-refractivity contribution in [3.8, 4) is 5.75 Å². The summed E-state index contributed by atoms with van der Waals surface area (Å²) in [7, 11) is 0. The number of rotatable bonds is 4. The second-order valence-electron chi connectivity index (χ2n) is 9.28. The van der Waals surface area contributed by atoms with Gasteiger partial charge < -0.3 is 25.0 Å². The van der Waals surface area contributed by atoms with Crippen LogP contribution in [0.5, 0.6) is 5.75 Å². The van der Waals surface area contributed by atoms with Crippen LogP contribution in [0.3, 0.4) is 0 Å². The number of amides is 1. The fraction of sp³-hybridized carbons (Fsp3) is 0.333. The van der Waals surface area contributed by atoms with Crippen LogP contribution in [0.4, 0.5) is 18.9 Å². The number of aromatic hydroxyl groups is 1. The lowest BCUT2D eigenvalue weighted by atomic mass is 10.0. The molecule has 0 aliphatic carbocycles. The number of para-hydroxylation sites is 1. The highest BCUT2D eigenvalue weighted by Crippen LogP contribution is 2.37. The fourth-order valence-corrected chi connectivity index (χ4v) is 4.00. The molecule has 3 heterocycles. The number of benzene rings is 1.